The van der Waals surface area contributed by atoms with Gasteiger partial charge in [-0.05, 0) is 50.4 Å². The molecule has 5 heteroatoms. The molecule has 0 radical (unpaired) electrons. The van der Waals surface area contributed by atoms with Crippen LogP contribution in [0.1, 0.15) is 43.0 Å². The van der Waals surface area contributed by atoms with Gasteiger partial charge in [-0.1, -0.05) is 25.1 Å². The Bertz CT molecular complexity index is 446. The van der Waals surface area contributed by atoms with Gasteiger partial charge in [-0.3, -0.25) is 0 Å². The average molecular weight is 303 g/mol. The van der Waals surface area contributed by atoms with Crippen LogP contribution in [0.2, 0.25) is 0 Å². The molecule has 0 aliphatic rings. The lowest BCUT2D eigenvalue weighted by Crippen LogP contribution is -2.33. The number of hydrogen-bond donors (Lipinski definition) is 1. The highest BCUT2D eigenvalue weighted by Crippen LogP contribution is 2.24. The minimum absolute atomic E-state index is 0.00315. The smallest absolute Gasteiger partial charge is 0.367 e. The van der Waals surface area contributed by atoms with E-state index in [0.29, 0.717) is 0 Å². The van der Waals surface area contributed by atoms with Gasteiger partial charge in [-0.25, -0.2) is 0 Å². The van der Waals surface area contributed by atoms with Gasteiger partial charge in [0.1, 0.15) is 0 Å². The number of rotatable bonds is 7. The van der Waals surface area contributed by atoms with Crippen LogP contribution in [-0.2, 0) is 4.74 Å². The maximum absolute atomic E-state index is 12.5. The summed E-state index contributed by atoms with van der Waals surface area (Å²) in [6.07, 6.45) is -5.16. The molecule has 0 heterocycles. The van der Waals surface area contributed by atoms with Crippen molar-refractivity contribution in [3.63, 3.8) is 0 Å². The Kier molecular flexibility index (Phi) is 6.68. The van der Waals surface area contributed by atoms with Gasteiger partial charge in [0, 0.05) is 0 Å². The molecule has 2 nitrogen and oxygen atoms in total. The fourth-order valence-electron chi connectivity index (χ4n) is 1.91. The fourth-order valence-corrected chi connectivity index (χ4v) is 1.91. The molecule has 0 amide bonds. The highest BCUT2D eigenvalue weighted by molar-refractivity contribution is 5.31. The van der Waals surface area contributed by atoms with E-state index < -0.39 is 12.3 Å². The third-order valence-electron chi connectivity index (χ3n) is 3.55. The maximum atomic E-state index is 12.5. The highest BCUT2D eigenvalue weighted by atomic mass is 19.4. The van der Waals surface area contributed by atoms with E-state index in [9.17, 15) is 13.2 Å². The highest BCUT2D eigenvalue weighted by Gasteiger charge is 2.37. The van der Waals surface area contributed by atoms with Gasteiger partial charge in [-0.2, -0.15) is 13.2 Å². The average Bonchev–Trinajstić information content (AvgIpc) is 2.41. The summed E-state index contributed by atoms with van der Waals surface area (Å²) in [7, 11) is 0. The number of ether oxygens (including phenoxy) is 1. The molecule has 0 bridgehead atoms. The van der Waals surface area contributed by atoms with Crippen molar-refractivity contribution in [3.05, 3.63) is 34.9 Å². The van der Waals surface area contributed by atoms with Crippen molar-refractivity contribution in [2.45, 2.75) is 52.4 Å². The summed E-state index contributed by atoms with van der Waals surface area (Å²) in [5, 5.41) is 3.25. The van der Waals surface area contributed by atoms with Crippen molar-refractivity contribution < 1.29 is 17.9 Å². The summed E-state index contributed by atoms with van der Waals surface area (Å²) in [5.41, 5.74) is 3.25. The molecule has 0 saturated heterocycles. The first-order valence-corrected chi connectivity index (χ1v) is 7.24. The molecular weight excluding hydrogens is 279 g/mol. The SMILES string of the molecule is CCCNC(COC(C)C(F)(F)F)c1ccc(C)c(C)c1. The first-order chi connectivity index (χ1) is 9.75. The van der Waals surface area contributed by atoms with Crippen molar-refractivity contribution in [1.82, 2.24) is 5.32 Å². The zero-order valence-corrected chi connectivity index (χ0v) is 13.1. The molecule has 2 unspecified atom stereocenters. The lowest BCUT2D eigenvalue weighted by atomic mass is 10.0. The van der Waals surface area contributed by atoms with E-state index in [1.165, 1.54) is 0 Å². The number of hydrogen-bond acceptors (Lipinski definition) is 2. The molecule has 21 heavy (non-hydrogen) atoms. The van der Waals surface area contributed by atoms with Gasteiger partial charge in [0.2, 0.25) is 0 Å². The van der Waals surface area contributed by atoms with E-state index in [2.05, 4.69) is 5.32 Å². The minimum Gasteiger partial charge on any atom is -0.367 e. The van der Waals surface area contributed by atoms with E-state index in [1.807, 2.05) is 39.0 Å². The van der Waals surface area contributed by atoms with Gasteiger partial charge in [0.25, 0.3) is 0 Å². The first kappa shape index (κ1) is 18.0. The van der Waals surface area contributed by atoms with Crippen molar-refractivity contribution >= 4 is 0 Å². The fraction of sp³-hybridized carbons (Fsp3) is 0.625. The van der Waals surface area contributed by atoms with Gasteiger partial charge < -0.3 is 10.1 Å². The Hall–Kier alpha value is -1.07. The Morgan fingerprint density at radius 2 is 1.86 bits per heavy atom. The Morgan fingerprint density at radius 3 is 2.38 bits per heavy atom. The Balaban J connectivity index is 2.77. The summed E-state index contributed by atoms with van der Waals surface area (Å²) in [6.45, 7) is 7.80. The van der Waals surface area contributed by atoms with Crippen LogP contribution in [0.5, 0.6) is 0 Å². The number of aryl methyl sites for hydroxylation is 2. The maximum Gasteiger partial charge on any atom is 0.414 e. The van der Waals surface area contributed by atoms with Gasteiger partial charge >= 0.3 is 6.18 Å². The van der Waals surface area contributed by atoms with E-state index >= 15 is 0 Å². The van der Waals surface area contributed by atoms with Crippen LogP contribution >= 0.6 is 0 Å². The standard InChI is InChI=1S/C16H24F3NO/c1-5-8-20-15(10-21-13(4)16(17,18)19)14-7-6-11(2)12(3)9-14/h6-7,9,13,15,20H,5,8,10H2,1-4H3. The van der Waals surface area contributed by atoms with Crippen LogP contribution < -0.4 is 5.32 Å². The van der Waals surface area contributed by atoms with Crippen LogP contribution in [0.15, 0.2) is 18.2 Å². The molecule has 0 aliphatic heterocycles. The molecule has 1 rings (SSSR count). The summed E-state index contributed by atoms with van der Waals surface area (Å²) in [4.78, 5) is 0. The monoisotopic (exact) mass is 303 g/mol. The van der Waals surface area contributed by atoms with Crippen LogP contribution in [0.4, 0.5) is 13.2 Å². The second kappa shape index (κ2) is 7.80. The molecule has 0 fully saturated rings. The number of alkyl halides is 3. The minimum atomic E-state index is -4.32. The topological polar surface area (TPSA) is 21.3 Å². The predicted molar refractivity (Wildman–Crippen MR) is 78.4 cm³/mol. The summed E-state index contributed by atoms with van der Waals surface area (Å²) in [6, 6.07) is 5.70. The summed E-state index contributed by atoms with van der Waals surface area (Å²) < 4.78 is 42.6. The molecule has 0 saturated carbocycles. The molecule has 0 aromatic heterocycles. The van der Waals surface area contributed by atoms with Gasteiger partial charge in [-0.15, -0.1) is 0 Å². The molecule has 120 valence electrons. The number of benzene rings is 1. The van der Waals surface area contributed by atoms with E-state index in [4.69, 9.17) is 4.74 Å². The van der Waals surface area contributed by atoms with Crippen LogP contribution in [0.3, 0.4) is 0 Å². The molecule has 2 atom stereocenters. The molecule has 0 spiro atoms. The molecule has 0 aliphatic carbocycles. The van der Waals surface area contributed by atoms with E-state index in [1.54, 1.807) is 0 Å². The second-order valence-corrected chi connectivity index (χ2v) is 5.37. The Labute approximate surface area is 124 Å². The van der Waals surface area contributed by atoms with Gasteiger partial charge in [0.15, 0.2) is 6.10 Å². The van der Waals surface area contributed by atoms with Crippen molar-refractivity contribution in [2.24, 2.45) is 0 Å². The van der Waals surface area contributed by atoms with Crippen LogP contribution in [-0.4, -0.2) is 25.4 Å². The largest absolute Gasteiger partial charge is 0.414 e. The van der Waals surface area contributed by atoms with Crippen molar-refractivity contribution in [3.8, 4) is 0 Å². The Morgan fingerprint density at radius 1 is 1.19 bits per heavy atom. The quantitative estimate of drug-likeness (QED) is 0.810. The van der Waals surface area contributed by atoms with Crippen molar-refractivity contribution in [1.29, 1.82) is 0 Å². The van der Waals surface area contributed by atoms with Crippen LogP contribution in [0.25, 0.3) is 0 Å². The zero-order valence-electron chi connectivity index (χ0n) is 13.1. The molecular formula is C16H24F3NO. The predicted octanol–water partition coefficient (Wildman–Crippen LogP) is 4.31. The first-order valence-electron chi connectivity index (χ1n) is 7.24. The molecule has 1 aromatic carbocycles. The van der Waals surface area contributed by atoms with E-state index in [0.717, 1.165) is 36.6 Å². The lowest BCUT2D eigenvalue weighted by Gasteiger charge is -2.23. The number of nitrogens with one attached hydrogen (secondary N) is 1. The normalized spacial score (nSPS) is 15.0. The third-order valence-corrected chi connectivity index (χ3v) is 3.55. The van der Waals surface area contributed by atoms with E-state index in [-0.39, 0.29) is 12.6 Å². The zero-order chi connectivity index (χ0) is 16.0. The summed E-state index contributed by atoms with van der Waals surface area (Å²) >= 11 is 0. The van der Waals surface area contributed by atoms with Crippen LogP contribution in [0, 0.1) is 13.8 Å². The molecule has 1 aromatic rings. The summed E-state index contributed by atoms with van der Waals surface area (Å²) in [5.74, 6) is 0. The molecule has 1 N–H and O–H groups in total. The van der Waals surface area contributed by atoms with Gasteiger partial charge in [0.05, 0.1) is 12.6 Å². The van der Waals surface area contributed by atoms with Crippen molar-refractivity contribution in [2.75, 3.05) is 13.2 Å². The number of halogens is 3. The third kappa shape index (κ3) is 5.67. The lowest BCUT2D eigenvalue weighted by molar-refractivity contribution is -0.215. The second-order valence-electron chi connectivity index (χ2n) is 5.37.